The molecule has 0 bridgehead atoms. The zero-order chi connectivity index (χ0) is 28.3. The van der Waals surface area contributed by atoms with Gasteiger partial charge in [-0.3, -0.25) is 9.69 Å². The normalized spacial score (nSPS) is 45.8. The number of hydrogen-bond acceptors (Lipinski definition) is 4. The highest BCUT2D eigenvalue weighted by molar-refractivity contribution is 5.66. The van der Waals surface area contributed by atoms with E-state index in [4.69, 9.17) is 9.47 Å². The van der Waals surface area contributed by atoms with E-state index in [0.29, 0.717) is 29.5 Å². The van der Waals surface area contributed by atoms with Gasteiger partial charge in [-0.25, -0.2) is 0 Å². The zero-order valence-corrected chi connectivity index (χ0v) is 28.4. The maximum Gasteiger partial charge on any atom is 0.302 e. The van der Waals surface area contributed by atoms with Crippen molar-refractivity contribution in [2.24, 2.45) is 34.5 Å². The van der Waals surface area contributed by atoms with E-state index in [9.17, 15) is 4.79 Å². The first-order chi connectivity index (χ1) is 19.0. The highest BCUT2D eigenvalue weighted by atomic mass is 79.9. The van der Waals surface area contributed by atoms with E-state index in [1.807, 2.05) is 0 Å². The van der Waals surface area contributed by atoms with Gasteiger partial charge in [0.05, 0.1) is 25.9 Å². The minimum Gasteiger partial charge on any atom is -1.00 e. The van der Waals surface area contributed by atoms with E-state index in [1.54, 1.807) is 6.92 Å². The Morgan fingerprint density at radius 3 is 2.22 bits per heavy atom. The number of piperidine rings is 2. The van der Waals surface area contributed by atoms with Crippen LogP contribution < -0.4 is 17.0 Å². The number of esters is 1. The van der Waals surface area contributed by atoms with Crippen LogP contribution in [0.2, 0.25) is 0 Å². The Balaban J connectivity index is 0.00000337. The van der Waals surface area contributed by atoms with Gasteiger partial charge in [0.2, 0.25) is 0 Å². The van der Waals surface area contributed by atoms with Gasteiger partial charge in [-0.15, -0.1) is 0 Å². The minimum absolute atomic E-state index is 0. The van der Waals surface area contributed by atoms with Crippen LogP contribution in [-0.2, 0) is 14.3 Å². The molecule has 0 radical (unpaired) electrons. The van der Waals surface area contributed by atoms with Crippen molar-refractivity contribution in [2.45, 2.75) is 135 Å². The first-order valence-corrected chi connectivity index (χ1v) is 17.1. The lowest BCUT2D eigenvalue weighted by Crippen LogP contribution is -3.00. The van der Waals surface area contributed by atoms with Gasteiger partial charge in [-0.05, 0) is 120 Å². The fourth-order valence-corrected chi connectivity index (χ4v) is 11.8. The van der Waals surface area contributed by atoms with Crippen LogP contribution >= 0.6 is 0 Å². The summed E-state index contributed by atoms with van der Waals surface area (Å²) in [6, 6.07) is 0.989. The van der Waals surface area contributed by atoms with Crippen LogP contribution in [0.15, 0.2) is 12.3 Å². The van der Waals surface area contributed by atoms with E-state index in [0.717, 1.165) is 29.9 Å². The predicted octanol–water partition coefficient (Wildman–Crippen LogP) is 3.96. The van der Waals surface area contributed by atoms with Gasteiger partial charge in [0, 0.05) is 24.8 Å². The average molecular weight is 636 g/mol. The molecule has 5 nitrogen and oxygen atoms in total. The van der Waals surface area contributed by atoms with Gasteiger partial charge in [0.15, 0.2) is 6.10 Å². The summed E-state index contributed by atoms with van der Waals surface area (Å²) in [5, 5.41) is 0. The molecule has 6 fully saturated rings. The Kier molecular flexibility index (Phi) is 9.37. The van der Waals surface area contributed by atoms with Gasteiger partial charge in [-0.2, -0.15) is 0 Å². The van der Waals surface area contributed by atoms with E-state index in [-0.39, 0.29) is 34.5 Å². The second-order valence-corrected chi connectivity index (χ2v) is 16.0. The SMILES string of the molecule is C=C(C)O[C@H]1C([N+]2(C)CCCCC2)C[C@H]2[C@@H]3CC[C@H]4C[C@H](OC(C)=O)[C@@H](N5CCCCC5)C[C@]4(C)[C@H]3CC[C@]12C.[Br-]. The second-order valence-electron chi connectivity index (χ2n) is 16.0. The number of quaternary nitrogens is 1. The van der Waals surface area contributed by atoms with Crippen molar-refractivity contribution in [1.82, 2.24) is 4.90 Å². The molecule has 0 aromatic carbocycles. The third-order valence-corrected chi connectivity index (χ3v) is 13.7. The smallest absolute Gasteiger partial charge is 0.302 e. The zero-order valence-electron chi connectivity index (χ0n) is 26.8. The number of carbonyl (C=O) groups is 1. The molecule has 0 aromatic heterocycles. The number of carbonyl (C=O) groups excluding carboxylic acids is 1. The summed E-state index contributed by atoms with van der Waals surface area (Å²) >= 11 is 0. The molecule has 0 spiro atoms. The number of halogens is 1. The molecular formula is C35H59BrN2O3. The first kappa shape index (κ1) is 31.8. The van der Waals surface area contributed by atoms with Crippen molar-refractivity contribution in [3.8, 4) is 0 Å². The highest BCUT2D eigenvalue weighted by Gasteiger charge is 2.67. The van der Waals surface area contributed by atoms with Crippen LogP contribution in [-0.4, -0.2) is 72.9 Å². The van der Waals surface area contributed by atoms with Crippen molar-refractivity contribution in [1.29, 1.82) is 0 Å². The third kappa shape index (κ3) is 5.58. The molecule has 0 amide bonds. The van der Waals surface area contributed by atoms with E-state index >= 15 is 0 Å². The number of fused-ring (bicyclic) bond motifs is 5. The van der Waals surface area contributed by atoms with E-state index in [2.05, 4.69) is 39.3 Å². The average Bonchev–Trinajstić information content (AvgIpc) is 3.21. The number of hydrogen-bond donors (Lipinski definition) is 0. The lowest BCUT2D eigenvalue weighted by atomic mass is 9.44. The van der Waals surface area contributed by atoms with Crippen LogP contribution in [0.5, 0.6) is 0 Å². The summed E-state index contributed by atoms with van der Waals surface area (Å²) in [6.45, 7) is 18.2. The van der Waals surface area contributed by atoms with Gasteiger partial charge in [0.25, 0.3) is 0 Å². The van der Waals surface area contributed by atoms with Gasteiger partial charge in [0.1, 0.15) is 12.1 Å². The molecule has 6 rings (SSSR count). The van der Waals surface area contributed by atoms with E-state index in [1.165, 1.54) is 108 Å². The number of nitrogens with zero attached hydrogens (tertiary/aromatic N) is 2. The summed E-state index contributed by atoms with van der Waals surface area (Å²) in [7, 11) is 2.55. The van der Waals surface area contributed by atoms with Gasteiger partial charge >= 0.3 is 5.97 Å². The molecule has 6 aliphatic rings. The fourth-order valence-electron chi connectivity index (χ4n) is 11.8. The largest absolute Gasteiger partial charge is 1.00 e. The molecule has 0 aromatic rings. The number of allylic oxidation sites excluding steroid dienone is 1. The molecule has 4 saturated carbocycles. The van der Waals surface area contributed by atoms with Crippen LogP contribution in [0.3, 0.4) is 0 Å². The Morgan fingerprint density at radius 2 is 1.56 bits per heavy atom. The van der Waals surface area contributed by atoms with Crippen molar-refractivity contribution < 1.29 is 35.7 Å². The molecule has 2 heterocycles. The number of likely N-dealkylation sites (N-methyl/N-ethyl adjacent to an activating group) is 1. The molecule has 6 heteroatoms. The Bertz CT molecular complexity index is 961. The topological polar surface area (TPSA) is 38.8 Å². The molecule has 2 saturated heterocycles. The van der Waals surface area contributed by atoms with Crippen molar-refractivity contribution in [3.63, 3.8) is 0 Å². The molecular weight excluding hydrogens is 576 g/mol. The van der Waals surface area contributed by atoms with Gasteiger partial charge in [-0.1, -0.05) is 26.8 Å². The molecule has 10 atom stereocenters. The third-order valence-electron chi connectivity index (χ3n) is 13.7. The highest BCUT2D eigenvalue weighted by Crippen LogP contribution is 2.68. The van der Waals surface area contributed by atoms with Crippen LogP contribution in [0.4, 0.5) is 0 Å². The Morgan fingerprint density at radius 1 is 0.878 bits per heavy atom. The lowest BCUT2D eigenvalue weighted by Gasteiger charge is -2.62. The monoisotopic (exact) mass is 634 g/mol. The Labute approximate surface area is 261 Å². The first-order valence-electron chi connectivity index (χ1n) is 17.1. The number of likely N-dealkylation sites (tertiary alicyclic amines) is 2. The maximum absolute atomic E-state index is 12.2. The molecule has 0 N–H and O–H groups in total. The summed E-state index contributed by atoms with van der Waals surface area (Å²) in [5.41, 5.74) is 0.587. The van der Waals surface area contributed by atoms with Gasteiger partial charge < -0.3 is 30.9 Å². The molecule has 41 heavy (non-hydrogen) atoms. The second kappa shape index (κ2) is 12.1. The van der Waals surface area contributed by atoms with E-state index < -0.39 is 0 Å². The Hall–Kier alpha value is -0.590. The van der Waals surface area contributed by atoms with Crippen molar-refractivity contribution in [2.75, 3.05) is 33.2 Å². The standard InChI is InChI=1S/C35H59N2O3.BrH/c1-24(2)39-33-31(37(6)19-11-8-12-20-37)22-29-27-14-13-26-21-32(40-25(3)38)30(36-17-9-7-10-18-36)23-35(26,5)28(27)15-16-34(29,33)4;/h26-33H,1,7-23H2,2-6H3;1H/q+1;/p-1/t26-,27+,28-,29-,30-,31?,32-,33-,34-,35-;/m0./s1. The quantitative estimate of drug-likeness (QED) is 0.261. The summed E-state index contributed by atoms with van der Waals surface area (Å²) in [6.07, 6.45) is 17.3. The maximum atomic E-state index is 12.2. The minimum atomic E-state index is -0.0902. The van der Waals surface area contributed by atoms with Crippen LogP contribution in [0.1, 0.15) is 111 Å². The number of rotatable bonds is 5. The summed E-state index contributed by atoms with van der Waals surface area (Å²) < 4.78 is 14.1. The lowest BCUT2D eigenvalue weighted by molar-refractivity contribution is -0.940. The summed E-state index contributed by atoms with van der Waals surface area (Å²) in [5.74, 6) is 3.82. The predicted molar refractivity (Wildman–Crippen MR) is 161 cm³/mol. The fraction of sp³-hybridized carbons (Fsp3) is 0.914. The molecule has 4 aliphatic carbocycles. The van der Waals surface area contributed by atoms with Crippen molar-refractivity contribution >= 4 is 5.97 Å². The summed E-state index contributed by atoms with van der Waals surface area (Å²) in [4.78, 5) is 14.9. The van der Waals surface area contributed by atoms with Crippen molar-refractivity contribution in [3.05, 3.63) is 12.3 Å². The molecule has 2 aliphatic heterocycles. The van der Waals surface area contributed by atoms with Crippen LogP contribution in [0, 0.1) is 34.5 Å². The van der Waals surface area contributed by atoms with Crippen LogP contribution in [0.25, 0.3) is 0 Å². The molecule has 1 unspecified atom stereocenters. The number of ether oxygens (including phenoxy) is 2. The molecule has 234 valence electrons.